The molecule has 1 aromatic heterocycles. The van der Waals surface area contributed by atoms with Crippen LogP contribution in [0.15, 0.2) is 36.5 Å². The summed E-state index contributed by atoms with van der Waals surface area (Å²) >= 11 is 0. The van der Waals surface area contributed by atoms with Gasteiger partial charge in [0.2, 0.25) is 5.95 Å². The Morgan fingerprint density at radius 1 is 1.12 bits per heavy atom. The van der Waals surface area contributed by atoms with Gasteiger partial charge in [0.25, 0.3) is 0 Å². The van der Waals surface area contributed by atoms with E-state index in [0.717, 1.165) is 11.4 Å². The van der Waals surface area contributed by atoms with E-state index in [0.29, 0.717) is 18.3 Å². The standard InChI is InChI=1S/C15H20N4O2.C2H6.C2H2/c1-15(2,20)10-17-14-16-9-8-13(19-14)18-11-4-6-12(21-3)7-5-11;2*1-2/h4-9,20H,10H2,1-3H3,(H2,16,17,18,19);1-2H3;1-2H. The van der Waals surface area contributed by atoms with Gasteiger partial charge in [-0.05, 0) is 44.2 Å². The predicted molar refractivity (Wildman–Crippen MR) is 104 cm³/mol. The van der Waals surface area contributed by atoms with Crippen LogP contribution < -0.4 is 15.4 Å². The van der Waals surface area contributed by atoms with Crippen LogP contribution in [0.3, 0.4) is 0 Å². The largest absolute Gasteiger partial charge is 0.497 e. The number of benzene rings is 1. The second-order valence-corrected chi connectivity index (χ2v) is 5.28. The van der Waals surface area contributed by atoms with Crippen LogP contribution in [-0.4, -0.2) is 34.3 Å². The lowest BCUT2D eigenvalue weighted by Crippen LogP contribution is -2.29. The fourth-order valence-electron chi connectivity index (χ4n) is 1.63. The fourth-order valence-corrected chi connectivity index (χ4v) is 1.63. The number of nitrogens with zero attached hydrogens (tertiary/aromatic N) is 2. The lowest BCUT2D eigenvalue weighted by molar-refractivity contribution is 0.0943. The average Bonchev–Trinajstić information content (AvgIpc) is 2.64. The van der Waals surface area contributed by atoms with Crippen LogP contribution in [0.25, 0.3) is 0 Å². The summed E-state index contributed by atoms with van der Waals surface area (Å²) < 4.78 is 5.12. The minimum Gasteiger partial charge on any atom is -0.497 e. The van der Waals surface area contributed by atoms with E-state index in [1.165, 1.54) is 0 Å². The molecule has 0 spiro atoms. The Bertz CT molecular complexity index is 619. The minimum absolute atomic E-state index is 0.374. The first kappa shape index (κ1) is 22.2. The molecule has 6 nitrogen and oxygen atoms in total. The zero-order valence-electron chi connectivity index (χ0n) is 15.6. The summed E-state index contributed by atoms with van der Waals surface area (Å²) in [5, 5.41) is 15.9. The Balaban J connectivity index is 0.00000134. The highest BCUT2D eigenvalue weighted by Gasteiger charge is 2.12. The van der Waals surface area contributed by atoms with E-state index in [1.807, 2.05) is 38.1 Å². The van der Waals surface area contributed by atoms with Gasteiger partial charge < -0.3 is 20.5 Å². The molecule has 0 fully saturated rings. The van der Waals surface area contributed by atoms with Gasteiger partial charge in [0, 0.05) is 18.4 Å². The number of hydrogen-bond acceptors (Lipinski definition) is 6. The van der Waals surface area contributed by atoms with Crippen molar-refractivity contribution in [3.63, 3.8) is 0 Å². The van der Waals surface area contributed by atoms with Crippen molar-refractivity contribution in [1.29, 1.82) is 0 Å². The van der Waals surface area contributed by atoms with Gasteiger partial charge in [-0.2, -0.15) is 4.98 Å². The van der Waals surface area contributed by atoms with Gasteiger partial charge in [0.05, 0.1) is 12.7 Å². The maximum atomic E-state index is 9.69. The lowest BCUT2D eigenvalue weighted by Gasteiger charge is -2.17. The monoisotopic (exact) mass is 344 g/mol. The number of rotatable bonds is 6. The zero-order valence-corrected chi connectivity index (χ0v) is 15.6. The van der Waals surface area contributed by atoms with Crippen molar-refractivity contribution in [2.45, 2.75) is 33.3 Å². The third-order valence-electron chi connectivity index (χ3n) is 2.70. The number of ether oxygens (including phenoxy) is 1. The van der Waals surface area contributed by atoms with Crippen molar-refractivity contribution in [1.82, 2.24) is 9.97 Å². The summed E-state index contributed by atoms with van der Waals surface area (Å²) in [6.45, 7) is 7.82. The maximum absolute atomic E-state index is 9.69. The Labute approximate surface area is 150 Å². The third-order valence-corrected chi connectivity index (χ3v) is 2.70. The molecule has 0 bridgehead atoms. The Morgan fingerprint density at radius 2 is 1.72 bits per heavy atom. The summed E-state index contributed by atoms with van der Waals surface area (Å²) in [4.78, 5) is 8.46. The molecule has 0 atom stereocenters. The van der Waals surface area contributed by atoms with Gasteiger partial charge in [-0.15, -0.1) is 12.8 Å². The van der Waals surface area contributed by atoms with Gasteiger partial charge in [-0.3, -0.25) is 0 Å². The molecule has 3 N–H and O–H groups in total. The van der Waals surface area contributed by atoms with Crippen molar-refractivity contribution in [3.05, 3.63) is 36.5 Å². The lowest BCUT2D eigenvalue weighted by atomic mass is 10.1. The molecule has 0 aliphatic rings. The fraction of sp³-hybridized carbons (Fsp3) is 0.368. The molecule has 136 valence electrons. The predicted octanol–water partition coefficient (Wildman–Crippen LogP) is 3.69. The highest BCUT2D eigenvalue weighted by Crippen LogP contribution is 2.19. The first-order chi connectivity index (χ1) is 12.0. The Morgan fingerprint density at radius 3 is 2.24 bits per heavy atom. The summed E-state index contributed by atoms with van der Waals surface area (Å²) in [7, 11) is 1.63. The number of aromatic nitrogens is 2. The highest BCUT2D eigenvalue weighted by molar-refractivity contribution is 5.57. The van der Waals surface area contributed by atoms with Crippen molar-refractivity contribution < 1.29 is 9.84 Å². The molecule has 2 rings (SSSR count). The minimum atomic E-state index is -0.817. The summed E-state index contributed by atoms with van der Waals surface area (Å²) in [5.41, 5.74) is 0.0888. The van der Waals surface area contributed by atoms with E-state index in [4.69, 9.17) is 4.74 Å². The third kappa shape index (κ3) is 9.18. The molecule has 25 heavy (non-hydrogen) atoms. The number of aliphatic hydroxyl groups is 1. The molecule has 0 saturated heterocycles. The number of terminal acetylenes is 1. The van der Waals surface area contributed by atoms with Gasteiger partial charge >= 0.3 is 0 Å². The maximum Gasteiger partial charge on any atom is 0.224 e. The number of methoxy groups -OCH3 is 1. The molecule has 0 unspecified atom stereocenters. The van der Waals surface area contributed by atoms with Crippen molar-refractivity contribution >= 4 is 17.5 Å². The molecule has 0 aliphatic heterocycles. The smallest absolute Gasteiger partial charge is 0.224 e. The molecule has 1 aromatic carbocycles. The first-order valence-electron chi connectivity index (χ1n) is 8.00. The first-order valence-corrected chi connectivity index (χ1v) is 8.00. The summed E-state index contributed by atoms with van der Waals surface area (Å²) in [5.74, 6) is 1.94. The molecular formula is C19H28N4O2. The van der Waals surface area contributed by atoms with E-state index in [2.05, 4.69) is 33.4 Å². The highest BCUT2D eigenvalue weighted by atomic mass is 16.5. The summed E-state index contributed by atoms with van der Waals surface area (Å²) in [6.07, 6.45) is 9.66. The second kappa shape index (κ2) is 11.7. The Kier molecular flexibility index (Phi) is 10.4. The second-order valence-electron chi connectivity index (χ2n) is 5.28. The van der Waals surface area contributed by atoms with E-state index in [1.54, 1.807) is 33.2 Å². The quantitative estimate of drug-likeness (QED) is 0.694. The van der Waals surface area contributed by atoms with Gasteiger partial charge in [0.1, 0.15) is 11.6 Å². The van der Waals surface area contributed by atoms with E-state index in [9.17, 15) is 5.11 Å². The van der Waals surface area contributed by atoms with Crippen LogP contribution in [0.4, 0.5) is 17.5 Å². The number of anilines is 3. The Hall–Kier alpha value is -2.78. The van der Waals surface area contributed by atoms with Crippen LogP contribution in [0, 0.1) is 12.8 Å². The van der Waals surface area contributed by atoms with Gasteiger partial charge in [-0.25, -0.2) is 4.98 Å². The van der Waals surface area contributed by atoms with E-state index in [-0.39, 0.29) is 0 Å². The van der Waals surface area contributed by atoms with Crippen LogP contribution in [-0.2, 0) is 0 Å². The molecular weight excluding hydrogens is 316 g/mol. The normalized spacial score (nSPS) is 9.60. The molecule has 6 heteroatoms. The SMILES string of the molecule is C#C.CC.COc1ccc(Nc2ccnc(NCC(C)(C)O)n2)cc1. The molecule has 1 heterocycles. The molecule has 0 aliphatic carbocycles. The zero-order chi connectivity index (χ0) is 19.3. The number of hydrogen-bond donors (Lipinski definition) is 3. The molecule has 0 amide bonds. The van der Waals surface area contributed by atoms with Gasteiger partial charge in [0.15, 0.2) is 0 Å². The van der Waals surface area contributed by atoms with Crippen LogP contribution in [0.2, 0.25) is 0 Å². The van der Waals surface area contributed by atoms with Crippen LogP contribution in [0.5, 0.6) is 5.75 Å². The van der Waals surface area contributed by atoms with Gasteiger partial charge in [-0.1, -0.05) is 13.8 Å². The molecule has 2 aromatic rings. The summed E-state index contributed by atoms with van der Waals surface area (Å²) in [6, 6.07) is 9.34. The van der Waals surface area contributed by atoms with Crippen LogP contribution >= 0.6 is 0 Å². The van der Waals surface area contributed by atoms with E-state index >= 15 is 0 Å². The van der Waals surface area contributed by atoms with Crippen molar-refractivity contribution in [2.24, 2.45) is 0 Å². The van der Waals surface area contributed by atoms with Crippen molar-refractivity contribution in [3.8, 4) is 18.6 Å². The molecule has 0 radical (unpaired) electrons. The van der Waals surface area contributed by atoms with Crippen molar-refractivity contribution in [2.75, 3.05) is 24.3 Å². The van der Waals surface area contributed by atoms with E-state index < -0.39 is 5.60 Å². The number of nitrogens with one attached hydrogen (secondary N) is 2. The average molecular weight is 344 g/mol. The van der Waals surface area contributed by atoms with Crippen LogP contribution in [0.1, 0.15) is 27.7 Å². The topological polar surface area (TPSA) is 79.3 Å². The molecule has 0 saturated carbocycles.